The predicted octanol–water partition coefficient (Wildman–Crippen LogP) is 5.48. The summed E-state index contributed by atoms with van der Waals surface area (Å²) in [5, 5.41) is 12.1. The third kappa shape index (κ3) is 7.04. The lowest BCUT2D eigenvalue weighted by Gasteiger charge is -2.22. The Morgan fingerprint density at radius 1 is 1.20 bits per heavy atom. The molecule has 0 saturated carbocycles. The summed E-state index contributed by atoms with van der Waals surface area (Å²) < 4.78 is 24.7. The zero-order valence-corrected chi connectivity index (χ0v) is 22.5. The van der Waals surface area contributed by atoms with Crippen molar-refractivity contribution in [3.8, 4) is 17.6 Å². The van der Waals surface area contributed by atoms with E-state index in [1.54, 1.807) is 31.2 Å². The van der Waals surface area contributed by atoms with Gasteiger partial charge in [0.05, 0.1) is 29.8 Å². The van der Waals surface area contributed by atoms with E-state index in [0.717, 1.165) is 23.0 Å². The molecule has 0 aliphatic carbocycles. The second-order valence-corrected chi connectivity index (χ2v) is 9.39. The van der Waals surface area contributed by atoms with Crippen molar-refractivity contribution in [3.05, 3.63) is 89.0 Å². The van der Waals surface area contributed by atoms with Gasteiger partial charge in [-0.25, -0.2) is 14.4 Å². The molecule has 3 aromatic carbocycles. The zero-order chi connectivity index (χ0) is 27.7. The molecule has 40 heavy (non-hydrogen) atoms. The van der Waals surface area contributed by atoms with Gasteiger partial charge in [0.1, 0.15) is 36.9 Å². The summed E-state index contributed by atoms with van der Waals surface area (Å²) in [4.78, 5) is 14.4. The zero-order valence-electron chi connectivity index (χ0n) is 21.8. The van der Waals surface area contributed by atoms with E-state index < -0.39 is 0 Å². The first-order chi connectivity index (χ1) is 19.6. The molecule has 204 valence electrons. The van der Waals surface area contributed by atoms with Crippen LogP contribution in [-0.2, 0) is 16.2 Å². The van der Waals surface area contributed by atoms with Gasteiger partial charge in [-0.2, -0.15) is 0 Å². The Morgan fingerprint density at radius 2 is 2.12 bits per heavy atom. The smallest absolute Gasteiger partial charge is 0.159 e. The lowest BCUT2D eigenvalue weighted by atomic mass is 10.1. The topological polar surface area (TPSA) is 89.9 Å². The van der Waals surface area contributed by atoms with Crippen molar-refractivity contribution in [1.29, 1.82) is 0 Å². The molecule has 0 unspecified atom stereocenters. The highest BCUT2D eigenvalue weighted by atomic mass is 35.5. The van der Waals surface area contributed by atoms with Crippen LogP contribution in [0.2, 0.25) is 5.02 Å². The van der Waals surface area contributed by atoms with Crippen molar-refractivity contribution in [2.45, 2.75) is 19.6 Å². The number of fused-ring (bicyclic) bond motifs is 1. The average Bonchev–Trinajstić information content (AvgIpc) is 2.97. The maximum absolute atomic E-state index is 13.4. The Labute approximate surface area is 236 Å². The number of aromatic nitrogens is 2. The minimum absolute atomic E-state index is 0.0825. The van der Waals surface area contributed by atoms with E-state index in [2.05, 4.69) is 37.6 Å². The highest BCUT2D eigenvalue weighted by Gasteiger charge is 2.14. The first-order valence-corrected chi connectivity index (χ1v) is 13.1. The highest BCUT2D eigenvalue weighted by Crippen LogP contribution is 2.31. The molecule has 1 aliphatic heterocycles. The molecule has 5 rings (SSSR count). The number of benzene rings is 3. The molecular weight excluding hydrogens is 533 g/mol. The molecule has 1 aromatic heterocycles. The number of nitrogens with one attached hydrogen (secondary N) is 2. The van der Waals surface area contributed by atoms with Gasteiger partial charge in [-0.3, -0.25) is 0 Å². The molecule has 1 saturated heterocycles. The van der Waals surface area contributed by atoms with Gasteiger partial charge in [-0.1, -0.05) is 34.8 Å². The Bertz CT molecular complexity index is 1580. The van der Waals surface area contributed by atoms with Crippen molar-refractivity contribution in [2.75, 3.05) is 31.7 Å². The Kier molecular flexibility index (Phi) is 9.04. The van der Waals surface area contributed by atoms with Crippen LogP contribution in [0.15, 0.2) is 72.1 Å². The van der Waals surface area contributed by atoms with Crippen molar-refractivity contribution in [2.24, 2.45) is 5.16 Å². The number of oxime groups is 1. The van der Waals surface area contributed by atoms with Crippen LogP contribution in [-0.4, -0.2) is 48.1 Å². The summed E-state index contributed by atoms with van der Waals surface area (Å²) in [7, 11) is 0. The normalized spacial score (nSPS) is 15.3. The van der Waals surface area contributed by atoms with Gasteiger partial charge >= 0.3 is 0 Å². The van der Waals surface area contributed by atoms with Crippen LogP contribution in [0.4, 0.5) is 15.9 Å². The van der Waals surface area contributed by atoms with Gasteiger partial charge in [0.2, 0.25) is 0 Å². The number of ether oxygens (including phenoxy) is 2. The molecule has 0 radical (unpaired) electrons. The maximum atomic E-state index is 13.4. The largest absolute Gasteiger partial charge is 0.487 e. The number of halogens is 2. The number of nitrogens with zero attached hydrogens (tertiary/aromatic N) is 3. The highest BCUT2D eigenvalue weighted by molar-refractivity contribution is 6.32. The number of morpholine rings is 1. The van der Waals surface area contributed by atoms with Crippen molar-refractivity contribution in [3.63, 3.8) is 0 Å². The van der Waals surface area contributed by atoms with Crippen LogP contribution in [0.3, 0.4) is 0 Å². The fourth-order valence-corrected chi connectivity index (χ4v) is 4.34. The summed E-state index contributed by atoms with van der Waals surface area (Å²) in [6.07, 6.45) is 1.49. The van der Waals surface area contributed by atoms with E-state index in [4.69, 9.17) is 25.9 Å². The van der Waals surface area contributed by atoms with Gasteiger partial charge < -0.3 is 24.9 Å². The minimum atomic E-state index is -0.313. The van der Waals surface area contributed by atoms with E-state index in [9.17, 15) is 4.39 Å². The Balaban J connectivity index is 1.33. The summed E-state index contributed by atoms with van der Waals surface area (Å²) in [5.41, 5.74) is 3.43. The van der Waals surface area contributed by atoms with Crippen LogP contribution < -0.4 is 15.4 Å². The second kappa shape index (κ2) is 13.2. The average molecular weight is 560 g/mol. The minimum Gasteiger partial charge on any atom is -0.487 e. The van der Waals surface area contributed by atoms with Crippen LogP contribution in [0.5, 0.6) is 5.75 Å². The molecule has 0 spiro atoms. The quantitative estimate of drug-likeness (QED) is 0.159. The van der Waals surface area contributed by atoms with E-state index in [-0.39, 0.29) is 18.5 Å². The van der Waals surface area contributed by atoms with Crippen molar-refractivity contribution >= 4 is 39.7 Å². The standard InChI is InChI=1S/C30H27ClFN5O3/c1-2-4-27(37-40-18-24-17-38-12-11-33-24)21-7-9-28-25(14-21)30(35-19-34-28)36-23-8-10-29(26(31)15-23)39-16-20-5-3-6-22(32)13-20/h3,5-10,13-15,19,24,33H,11-12,16-18H2,1H3,(H,34,35,36)/t24-/m0/s1. The summed E-state index contributed by atoms with van der Waals surface area (Å²) in [5.74, 6) is 6.68. The molecule has 1 atom stereocenters. The monoisotopic (exact) mass is 559 g/mol. The number of hydrogen-bond acceptors (Lipinski definition) is 8. The van der Waals surface area contributed by atoms with Crippen LogP contribution in [0.25, 0.3) is 10.9 Å². The van der Waals surface area contributed by atoms with Crippen molar-refractivity contribution < 1.29 is 18.7 Å². The van der Waals surface area contributed by atoms with E-state index in [1.807, 2.05) is 24.3 Å². The van der Waals surface area contributed by atoms with E-state index in [0.29, 0.717) is 53.4 Å². The summed E-state index contributed by atoms with van der Waals surface area (Å²) >= 11 is 6.49. The first kappa shape index (κ1) is 27.3. The fourth-order valence-electron chi connectivity index (χ4n) is 4.11. The van der Waals surface area contributed by atoms with Gasteiger partial charge in [-0.15, -0.1) is 0 Å². The number of rotatable bonds is 9. The third-order valence-electron chi connectivity index (χ3n) is 6.06. The van der Waals surface area contributed by atoms with Gasteiger partial charge in [0, 0.05) is 23.2 Å². The summed E-state index contributed by atoms with van der Waals surface area (Å²) in [6.45, 7) is 4.39. The molecular formula is C30H27ClFN5O3. The number of anilines is 2. The van der Waals surface area contributed by atoms with E-state index in [1.165, 1.54) is 18.5 Å². The van der Waals surface area contributed by atoms with E-state index >= 15 is 0 Å². The van der Waals surface area contributed by atoms with Gasteiger partial charge in [0.25, 0.3) is 0 Å². The van der Waals surface area contributed by atoms with Crippen molar-refractivity contribution in [1.82, 2.24) is 15.3 Å². The maximum Gasteiger partial charge on any atom is 0.159 e. The fraction of sp³-hybridized carbons (Fsp3) is 0.233. The molecule has 1 fully saturated rings. The Morgan fingerprint density at radius 3 is 2.92 bits per heavy atom. The Hall–Kier alpha value is -4.23. The molecule has 4 aromatic rings. The predicted molar refractivity (Wildman–Crippen MR) is 154 cm³/mol. The molecule has 2 heterocycles. The van der Waals surface area contributed by atoms with Gasteiger partial charge in [0.15, 0.2) is 5.71 Å². The molecule has 2 N–H and O–H groups in total. The molecule has 8 nitrogen and oxygen atoms in total. The number of hydrogen-bond donors (Lipinski definition) is 2. The van der Waals surface area contributed by atoms with Crippen LogP contribution in [0, 0.1) is 17.7 Å². The molecule has 10 heteroatoms. The lowest BCUT2D eigenvalue weighted by molar-refractivity contribution is 0.0312. The molecule has 0 amide bonds. The van der Waals surface area contributed by atoms with Crippen LogP contribution >= 0.6 is 11.6 Å². The van der Waals surface area contributed by atoms with Crippen LogP contribution in [0.1, 0.15) is 18.1 Å². The second-order valence-electron chi connectivity index (χ2n) is 8.98. The first-order valence-electron chi connectivity index (χ1n) is 12.7. The molecule has 1 aliphatic rings. The SMILES string of the molecule is CC#CC(=NOC[C@@H]1COCCN1)c1ccc2ncnc(Nc3ccc(OCc4cccc(F)c4)c(Cl)c3)c2c1. The van der Waals surface area contributed by atoms with Gasteiger partial charge in [-0.05, 0) is 66.9 Å². The summed E-state index contributed by atoms with van der Waals surface area (Å²) in [6, 6.07) is 17.4. The lowest BCUT2D eigenvalue weighted by Crippen LogP contribution is -2.43. The molecule has 0 bridgehead atoms. The third-order valence-corrected chi connectivity index (χ3v) is 6.36.